The Morgan fingerprint density at radius 2 is 1.94 bits per heavy atom. The summed E-state index contributed by atoms with van der Waals surface area (Å²) >= 11 is 0. The lowest BCUT2D eigenvalue weighted by Gasteiger charge is -2.38. The van der Waals surface area contributed by atoms with Gasteiger partial charge in [-0.2, -0.15) is 0 Å². The first-order valence-corrected chi connectivity index (χ1v) is 7.07. The molecular weight excluding hydrogens is 228 g/mol. The maximum atomic E-state index is 12.0. The van der Waals surface area contributed by atoms with E-state index in [1.165, 1.54) is 25.8 Å². The monoisotopic (exact) mass is 254 g/mol. The summed E-state index contributed by atoms with van der Waals surface area (Å²) in [6.07, 6.45) is 4.77. The van der Waals surface area contributed by atoms with Gasteiger partial charge in [0.1, 0.15) is 5.60 Å². The van der Waals surface area contributed by atoms with E-state index < -0.39 is 5.60 Å². The molecule has 0 spiro atoms. The van der Waals surface area contributed by atoms with Crippen molar-refractivity contribution < 1.29 is 9.53 Å². The zero-order valence-corrected chi connectivity index (χ0v) is 12.1. The van der Waals surface area contributed by atoms with E-state index in [0.29, 0.717) is 6.04 Å². The smallest absolute Gasteiger partial charge is 0.410 e. The lowest BCUT2D eigenvalue weighted by Crippen LogP contribution is -2.50. The number of likely N-dealkylation sites (tertiary alicyclic amines) is 1. The maximum Gasteiger partial charge on any atom is 0.410 e. The standard InChI is InChI=1S/C14H26N2O2/c1-14(2,3)18-13(17)15(4)12-6-5-9-16(10-12)11-7-8-11/h11-12H,5-10H2,1-4H3/t12-/m0/s1. The molecule has 0 radical (unpaired) electrons. The number of likely N-dealkylation sites (N-methyl/N-ethyl adjacent to an activating group) is 1. The predicted molar refractivity (Wildman–Crippen MR) is 71.6 cm³/mol. The van der Waals surface area contributed by atoms with Gasteiger partial charge in [-0.05, 0) is 53.0 Å². The number of carbonyl (C=O) groups is 1. The first kappa shape index (κ1) is 13.7. The molecule has 0 aromatic carbocycles. The molecule has 1 heterocycles. The Labute approximate surface area is 110 Å². The van der Waals surface area contributed by atoms with Crippen LogP contribution in [-0.2, 0) is 4.74 Å². The fourth-order valence-corrected chi connectivity index (χ4v) is 2.55. The van der Waals surface area contributed by atoms with Crippen LogP contribution in [0, 0.1) is 0 Å². The van der Waals surface area contributed by atoms with E-state index >= 15 is 0 Å². The van der Waals surface area contributed by atoms with Crippen LogP contribution in [0.3, 0.4) is 0 Å². The van der Waals surface area contributed by atoms with Gasteiger partial charge in [-0.3, -0.25) is 4.90 Å². The van der Waals surface area contributed by atoms with E-state index in [1.54, 1.807) is 4.90 Å². The van der Waals surface area contributed by atoms with Crippen LogP contribution in [-0.4, -0.2) is 53.7 Å². The van der Waals surface area contributed by atoms with E-state index in [2.05, 4.69) is 4.90 Å². The van der Waals surface area contributed by atoms with Gasteiger partial charge in [0.05, 0.1) is 0 Å². The average molecular weight is 254 g/mol. The minimum Gasteiger partial charge on any atom is -0.444 e. The molecule has 2 fully saturated rings. The van der Waals surface area contributed by atoms with Gasteiger partial charge in [-0.1, -0.05) is 0 Å². The highest BCUT2D eigenvalue weighted by Gasteiger charge is 2.35. The first-order chi connectivity index (χ1) is 8.37. The molecule has 2 rings (SSSR count). The fourth-order valence-electron chi connectivity index (χ4n) is 2.55. The van der Waals surface area contributed by atoms with Gasteiger partial charge in [0, 0.05) is 25.7 Å². The summed E-state index contributed by atoms with van der Waals surface area (Å²) in [4.78, 5) is 16.4. The van der Waals surface area contributed by atoms with Crippen molar-refractivity contribution in [3.8, 4) is 0 Å². The van der Waals surface area contributed by atoms with Crippen LogP contribution in [0.4, 0.5) is 4.79 Å². The Morgan fingerprint density at radius 3 is 2.50 bits per heavy atom. The van der Waals surface area contributed by atoms with E-state index in [1.807, 2.05) is 27.8 Å². The Balaban J connectivity index is 1.87. The molecule has 1 saturated carbocycles. The van der Waals surface area contributed by atoms with E-state index in [9.17, 15) is 4.79 Å². The molecule has 0 aromatic rings. The second-order valence-corrected chi connectivity index (χ2v) is 6.61. The fraction of sp³-hybridized carbons (Fsp3) is 0.929. The molecular formula is C14H26N2O2. The van der Waals surface area contributed by atoms with Gasteiger partial charge < -0.3 is 9.64 Å². The Morgan fingerprint density at radius 1 is 1.28 bits per heavy atom. The number of hydrogen-bond donors (Lipinski definition) is 0. The van der Waals surface area contributed by atoms with Crippen LogP contribution in [0.5, 0.6) is 0 Å². The number of piperidine rings is 1. The molecule has 104 valence electrons. The molecule has 0 N–H and O–H groups in total. The zero-order valence-electron chi connectivity index (χ0n) is 12.1. The molecule has 1 aliphatic heterocycles. The number of nitrogens with zero attached hydrogens (tertiary/aromatic N) is 2. The third kappa shape index (κ3) is 3.61. The van der Waals surface area contributed by atoms with Crippen LogP contribution in [0.2, 0.25) is 0 Å². The molecule has 1 saturated heterocycles. The molecule has 0 bridgehead atoms. The Bertz CT molecular complexity index is 307. The number of carbonyl (C=O) groups excluding carboxylic acids is 1. The van der Waals surface area contributed by atoms with Gasteiger partial charge in [0.15, 0.2) is 0 Å². The van der Waals surface area contributed by atoms with Crippen molar-refractivity contribution in [1.82, 2.24) is 9.80 Å². The summed E-state index contributed by atoms with van der Waals surface area (Å²) in [6, 6.07) is 1.11. The molecule has 1 atom stereocenters. The summed E-state index contributed by atoms with van der Waals surface area (Å²) in [7, 11) is 1.87. The number of ether oxygens (including phenoxy) is 1. The van der Waals surface area contributed by atoms with Crippen molar-refractivity contribution >= 4 is 6.09 Å². The number of hydrogen-bond acceptors (Lipinski definition) is 3. The molecule has 4 heteroatoms. The highest BCUT2D eigenvalue weighted by atomic mass is 16.6. The molecule has 4 nitrogen and oxygen atoms in total. The molecule has 2 aliphatic rings. The molecule has 1 aliphatic carbocycles. The van der Waals surface area contributed by atoms with Gasteiger partial charge in [0.2, 0.25) is 0 Å². The van der Waals surface area contributed by atoms with Crippen LogP contribution in [0.1, 0.15) is 46.5 Å². The van der Waals surface area contributed by atoms with Crippen molar-refractivity contribution in [2.75, 3.05) is 20.1 Å². The second-order valence-electron chi connectivity index (χ2n) is 6.61. The van der Waals surface area contributed by atoms with Gasteiger partial charge >= 0.3 is 6.09 Å². The Kier molecular flexibility index (Phi) is 3.85. The van der Waals surface area contributed by atoms with Crippen molar-refractivity contribution in [3.05, 3.63) is 0 Å². The van der Waals surface area contributed by atoms with Gasteiger partial charge in [-0.25, -0.2) is 4.79 Å². The van der Waals surface area contributed by atoms with Crippen LogP contribution in [0.25, 0.3) is 0 Å². The van der Waals surface area contributed by atoms with E-state index in [0.717, 1.165) is 19.0 Å². The third-order valence-electron chi connectivity index (χ3n) is 3.72. The largest absolute Gasteiger partial charge is 0.444 e. The summed E-state index contributed by atoms with van der Waals surface area (Å²) in [5.74, 6) is 0. The topological polar surface area (TPSA) is 32.8 Å². The van der Waals surface area contributed by atoms with Crippen LogP contribution >= 0.6 is 0 Å². The summed E-state index contributed by atoms with van der Waals surface area (Å²) < 4.78 is 5.43. The second kappa shape index (κ2) is 5.08. The predicted octanol–water partition coefficient (Wildman–Crippen LogP) is 2.48. The highest BCUT2D eigenvalue weighted by Crippen LogP contribution is 2.30. The average Bonchev–Trinajstić information content (AvgIpc) is 3.09. The van der Waals surface area contributed by atoms with Crippen LogP contribution < -0.4 is 0 Å². The van der Waals surface area contributed by atoms with Crippen molar-refractivity contribution in [3.63, 3.8) is 0 Å². The number of rotatable bonds is 2. The summed E-state index contributed by atoms with van der Waals surface area (Å²) in [5, 5.41) is 0. The lowest BCUT2D eigenvalue weighted by atomic mass is 10.0. The lowest BCUT2D eigenvalue weighted by molar-refractivity contribution is 0.0129. The molecule has 0 unspecified atom stereocenters. The summed E-state index contributed by atoms with van der Waals surface area (Å²) in [5.41, 5.74) is -0.407. The normalized spacial score (nSPS) is 25.9. The van der Waals surface area contributed by atoms with E-state index in [4.69, 9.17) is 4.74 Å². The van der Waals surface area contributed by atoms with Crippen LogP contribution in [0.15, 0.2) is 0 Å². The Hall–Kier alpha value is -0.770. The highest BCUT2D eigenvalue weighted by molar-refractivity contribution is 5.68. The minimum atomic E-state index is -0.407. The van der Waals surface area contributed by atoms with Gasteiger partial charge in [-0.15, -0.1) is 0 Å². The zero-order chi connectivity index (χ0) is 13.3. The van der Waals surface area contributed by atoms with Crippen molar-refractivity contribution in [2.24, 2.45) is 0 Å². The summed E-state index contributed by atoms with van der Waals surface area (Å²) in [6.45, 7) is 7.95. The first-order valence-electron chi connectivity index (χ1n) is 7.07. The molecule has 18 heavy (non-hydrogen) atoms. The third-order valence-corrected chi connectivity index (χ3v) is 3.72. The van der Waals surface area contributed by atoms with Gasteiger partial charge in [0.25, 0.3) is 0 Å². The molecule has 1 amide bonds. The van der Waals surface area contributed by atoms with Crippen molar-refractivity contribution in [1.29, 1.82) is 0 Å². The van der Waals surface area contributed by atoms with E-state index in [-0.39, 0.29) is 6.09 Å². The number of amides is 1. The minimum absolute atomic E-state index is 0.190. The SMILES string of the molecule is CN(C(=O)OC(C)(C)C)[C@H]1CCCN(C2CC2)C1. The maximum absolute atomic E-state index is 12.0. The quantitative estimate of drug-likeness (QED) is 0.759. The van der Waals surface area contributed by atoms with Crippen molar-refractivity contribution in [2.45, 2.75) is 64.1 Å². The molecule has 0 aromatic heterocycles.